The molecule has 0 aliphatic carbocycles. The third-order valence-corrected chi connectivity index (χ3v) is 6.72. The highest BCUT2D eigenvalue weighted by molar-refractivity contribution is 7.91. The van der Waals surface area contributed by atoms with Crippen molar-refractivity contribution >= 4 is 26.8 Å². The first-order valence-electron chi connectivity index (χ1n) is 8.76. The third kappa shape index (κ3) is 3.57. The van der Waals surface area contributed by atoms with Gasteiger partial charge in [0.1, 0.15) is 0 Å². The van der Waals surface area contributed by atoms with Gasteiger partial charge < -0.3 is 4.90 Å². The van der Waals surface area contributed by atoms with E-state index in [-0.39, 0.29) is 23.5 Å². The molecule has 0 bridgehead atoms. The molecule has 1 unspecified atom stereocenters. The van der Waals surface area contributed by atoms with E-state index < -0.39 is 9.84 Å². The second kappa shape index (κ2) is 6.77. The van der Waals surface area contributed by atoms with Crippen LogP contribution in [0.2, 0.25) is 0 Å². The van der Waals surface area contributed by atoms with E-state index in [1.165, 1.54) is 11.1 Å². The molecule has 7 nitrogen and oxygen atoms in total. The van der Waals surface area contributed by atoms with E-state index in [9.17, 15) is 13.2 Å². The van der Waals surface area contributed by atoms with E-state index in [2.05, 4.69) is 10.1 Å². The Morgan fingerprint density at radius 1 is 1.26 bits per heavy atom. The van der Waals surface area contributed by atoms with Gasteiger partial charge >= 0.3 is 0 Å². The number of nitrogens with zero attached hydrogens (tertiary/aromatic N) is 4. The summed E-state index contributed by atoms with van der Waals surface area (Å²) in [5.41, 5.74) is 2.27. The fraction of sp³-hybridized carbons (Fsp3) is 0.316. The van der Waals surface area contributed by atoms with Gasteiger partial charge in [0, 0.05) is 24.7 Å². The van der Waals surface area contributed by atoms with Crippen LogP contribution in [0.4, 0.5) is 0 Å². The molecular formula is C19H20N4O3S. The largest absolute Gasteiger partial charge is 0.338 e. The van der Waals surface area contributed by atoms with Crippen molar-refractivity contribution in [3.8, 4) is 0 Å². The molecule has 140 valence electrons. The lowest BCUT2D eigenvalue weighted by molar-refractivity contribution is 0.0747. The molecule has 27 heavy (non-hydrogen) atoms. The number of carbonyl (C=O) groups is 1. The maximum absolute atomic E-state index is 12.7. The van der Waals surface area contributed by atoms with Crippen LogP contribution in [0.25, 0.3) is 11.0 Å². The summed E-state index contributed by atoms with van der Waals surface area (Å²) in [5.74, 6) is -0.0547. The van der Waals surface area contributed by atoms with Crippen molar-refractivity contribution < 1.29 is 13.2 Å². The van der Waals surface area contributed by atoms with Crippen LogP contribution in [-0.4, -0.2) is 58.6 Å². The molecule has 1 atom stereocenters. The summed E-state index contributed by atoms with van der Waals surface area (Å²) in [6, 6.07) is 11.5. The van der Waals surface area contributed by atoms with Crippen LogP contribution in [0.1, 0.15) is 22.3 Å². The van der Waals surface area contributed by atoms with Gasteiger partial charge in [-0.05, 0) is 18.1 Å². The Morgan fingerprint density at radius 3 is 2.74 bits per heavy atom. The maximum atomic E-state index is 12.7. The molecule has 1 aromatic carbocycles. The second-order valence-electron chi connectivity index (χ2n) is 6.90. The summed E-state index contributed by atoms with van der Waals surface area (Å²) >= 11 is 0. The van der Waals surface area contributed by atoms with Crippen LogP contribution in [0.15, 0.2) is 48.8 Å². The molecule has 1 fully saturated rings. The topological polar surface area (TPSA) is 85.2 Å². The van der Waals surface area contributed by atoms with Crippen molar-refractivity contribution in [1.29, 1.82) is 0 Å². The van der Waals surface area contributed by atoms with Crippen LogP contribution in [0, 0.1) is 0 Å². The molecule has 4 rings (SSSR count). The first-order chi connectivity index (χ1) is 12.9. The average Bonchev–Trinajstić information content (AvgIpc) is 3.24. The Hall–Kier alpha value is -2.74. The third-order valence-electron chi connectivity index (χ3n) is 4.97. The van der Waals surface area contributed by atoms with Crippen LogP contribution >= 0.6 is 0 Å². The molecule has 0 saturated carbocycles. The van der Waals surface area contributed by atoms with Crippen LogP contribution in [-0.2, 0) is 16.4 Å². The lowest BCUT2D eigenvalue weighted by atomic mass is 10.1. The van der Waals surface area contributed by atoms with Gasteiger partial charge in [0.25, 0.3) is 5.91 Å². The summed E-state index contributed by atoms with van der Waals surface area (Å²) in [6.07, 6.45) is 3.71. The minimum absolute atomic E-state index is 0.0277. The first-order valence-corrected chi connectivity index (χ1v) is 10.6. The molecule has 1 saturated heterocycles. The van der Waals surface area contributed by atoms with Gasteiger partial charge in [-0.3, -0.25) is 4.79 Å². The molecule has 1 aliphatic rings. The number of carbonyl (C=O) groups excluding carboxylic acids is 1. The van der Waals surface area contributed by atoms with E-state index in [0.29, 0.717) is 24.2 Å². The molecular weight excluding hydrogens is 364 g/mol. The van der Waals surface area contributed by atoms with E-state index >= 15 is 0 Å². The summed E-state index contributed by atoms with van der Waals surface area (Å²) < 4.78 is 25.1. The van der Waals surface area contributed by atoms with Crippen molar-refractivity contribution in [1.82, 2.24) is 19.7 Å². The van der Waals surface area contributed by atoms with Crippen molar-refractivity contribution in [2.24, 2.45) is 0 Å². The molecule has 1 aliphatic heterocycles. The second-order valence-corrected chi connectivity index (χ2v) is 9.13. The molecule has 1 amide bonds. The number of rotatable bonds is 4. The van der Waals surface area contributed by atoms with Gasteiger partial charge in [-0.15, -0.1) is 0 Å². The highest BCUT2D eigenvalue weighted by Gasteiger charge is 2.33. The van der Waals surface area contributed by atoms with Crippen LogP contribution in [0.5, 0.6) is 0 Å². The number of sulfone groups is 1. The van der Waals surface area contributed by atoms with E-state index in [0.717, 1.165) is 10.9 Å². The number of aromatic nitrogens is 3. The summed E-state index contributed by atoms with van der Waals surface area (Å²) in [4.78, 5) is 18.7. The van der Waals surface area contributed by atoms with Gasteiger partial charge in [0.15, 0.2) is 15.5 Å². The Morgan fingerprint density at radius 2 is 2.04 bits per heavy atom. The molecule has 2 aromatic heterocycles. The van der Waals surface area contributed by atoms with Gasteiger partial charge in [-0.25, -0.2) is 18.1 Å². The number of pyridine rings is 1. The van der Waals surface area contributed by atoms with Crippen molar-refractivity contribution in [2.45, 2.75) is 19.0 Å². The zero-order valence-corrected chi connectivity index (χ0v) is 15.8. The Labute approximate surface area is 157 Å². The minimum atomic E-state index is -3.04. The molecule has 8 heteroatoms. The standard InChI is InChI=1S/C19H20N4O3S/c1-22(17-7-8-27(25,26)13-17)19(24)16-9-15-11-21-23(18(15)20-10-16)12-14-5-3-2-4-6-14/h2-6,9-11,17H,7-8,12-13H2,1H3. The highest BCUT2D eigenvalue weighted by Crippen LogP contribution is 2.20. The predicted octanol–water partition coefficient (Wildman–Crippen LogP) is 1.74. The first kappa shape index (κ1) is 17.7. The summed E-state index contributed by atoms with van der Waals surface area (Å²) in [5, 5.41) is 5.16. The van der Waals surface area contributed by atoms with Crippen molar-refractivity contribution in [3.05, 3.63) is 59.9 Å². The normalized spacial score (nSPS) is 18.6. The van der Waals surface area contributed by atoms with E-state index in [1.807, 2.05) is 30.3 Å². The van der Waals surface area contributed by atoms with Crippen molar-refractivity contribution in [3.63, 3.8) is 0 Å². The highest BCUT2D eigenvalue weighted by atomic mass is 32.2. The van der Waals surface area contributed by atoms with E-state index in [4.69, 9.17) is 0 Å². The number of fused-ring (bicyclic) bond motifs is 1. The molecule has 0 spiro atoms. The van der Waals surface area contributed by atoms with Gasteiger partial charge in [-0.2, -0.15) is 5.10 Å². The number of amides is 1. The lowest BCUT2D eigenvalue weighted by Gasteiger charge is -2.23. The number of hydrogen-bond acceptors (Lipinski definition) is 5. The number of hydrogen-bond donors (Lipinski definition) is 0. The minimum Gasteiger partial charge on any atom is -0.338 e. The zero-order valence-electron chi connectivity index (χ0n) is 14.9. The zero-order chi connectivity index (χ0) is 19.0. The summed E-state index contributed by atoms with van der Waals surface area (Å²) in [6.45, 7) is 0.602. The fourth-order valence-electron chi connectivity index (χ4n) is 3.41. The SMILES string of the molecule is CN(C(=O)c1cnc2c(cnn2Cc2ccccc2)c1)C1CCS(=O)(=O)C1. The monoisotopic (exact) mass is 384 g/mol. The smallest absolute Gasteiger partial charge is 0.255 e. The molecule has 0 N–H and O–H groups in total. The van der Waals surface area contributed by atoms with E-state index in [1.54, 1.807) is 24.0 Å². The van der Waals surface area contributed by atoms with Crippen LogP contribution in [0.3, 0.4) is 0 Å². The molecule has 3 aromatic rings. The predicted molar refractivity (Wildman–Crippen MR) is 102 cm³/mol. The maximum Gasteiger partial charge on any atom is 0.255 e. The van der Waals surface area contributed by atoms with Gasteiger partial charge in [0.2, 0.25) is 0 Å². The Bertz CT molecular complexity index is 1090. The Kier molecular flexibility index (Phi) is 4.43. The lowest BCUT2D eigenvalue weighted by Crippen LogP contribution is -2.37. The van der Waals surface area contributed by atoms with Gasteiger partial charge in [0.05, 0.1) is 29.8 Å². The quantitative estimate of drug-likeness (QED) is 0.684. The fourth-order valence-corrected chi connectivity index (χ4v) is 5.19. The van der Waals surface area contributed by atoms with Crippen LogP contribution < -0.4 is 0 Å². The Balaban J connectivity index is 1.56. The molecule has 3 heterocycles. The average molecular weight is 384 g/mol. The number of benzene rings is 1. The van der Waals surface area contributed by atoms with Crippen molar-refractivity contribution in [2.75, 3.05) is 18.6 Å². The van der Waals surface area contributed by atoms with Gasteiger partial charge in [-0.1, -0.05) is 30.3 Å². The molecule has 0 radical (unpaired) electrons. The summed E-state index contributed by atoms with van der Waals surface area (Å²) in [7, 11) is -1.39.